The zero-order chi connectivity index (χ0) is 13.2. The first-order chi connectivity index (χ1) is 9.22. The first kappa shape index (κ1) is 12.7. The predicted molar refractivity (Wildman–Crippen MR) is 80.3 cm³/mol. The summed E-state index contributed by atoms with van der Waals surface area (Å²) < 4.78 is 0.746. The van der Waals surface area contributed by atoms with Crippen LogP contribution in [0.4, 0.5) is 5.69 Å². The second kappa shape index (κ2) is 5.35. The molecule has 3 rings (SSSR count). The molecule has 2 aromatic rings. The van der Waals surface area contributed by atoms with Crippen LogP contribution < -0.4 is 5.32 Å². The van der Waals surface area contributed by atoms with Crippen LogP contribution in [0.15, 0.2) is 36.4 Å². The lowest BCUT2D eigenvalue weighted by Crippen LogP contribution is -2.10. The average molecular weight is 292 g/mol. The molecule has 2 heterocycles. The first-order valence-corrected chi connectivity index (χ1v) is 7.50. The van der Waals surface area contributed by atoms with Gasteiger partial charge >= 0.3 is 0 Å². The number of ketones is 1. The maximum atomic E-state index is 12.1. The Kier molecular flexibility index (Phi) is 3.58. The maximum Gasteiger partial charge on any atom is 0.138 e. The van der Waals surface area contributed by atoms with Crippen LogP contribution in [0.3, 0.4) is 0 Å². The monoisotopic (exact) mass is 291 g/mol. The molecule has 0 saturated heterocycles. The average Bonchev–Trinajstić information content (AvgIpc) is 2.97. The van der Waals surface area contributed by atoms with E-state index in [4.69, 9.17) is 11.6 Å². The summed E-state index contributed by atoms with van der Waals surface area (Å²) in [7, 11) is 0. The van der Waals surface area contributed by atoms with Crippen molar-refractivity contribution in [2.24, 2.45) is 0 Å². The molecule has 1 aliphatic heterocycles. The van der Waals surface area contributed by atoms with Gasteiger partial charge in [0.25, 0.3) is 0 Å². The molecule has 19 heavy (non-hydrogen) atoms. The van der Waals surface area contributed by atoms with Gasteiger partial charge in [0.15, 0.2) is 0 Å². The van der Waals surface area contributed by atoms with Crippen LogP contribution in [0.1, 0.15) is 22.8 Å². The number of thiophene rings is 1. The molecule has 1 unspecified atom stereocenters. The van der Waals surface area contributed by atoms with Crippen molar-refractivity contribution in [2.75, 3.05) is 11.9 Å². The van der Waals surface area contributed by atoms with E-state index in [1.165, 1.54) is 22.6 Å². The third kappa shape index (κ3) is 2.82. The maximum absolute atomic E-state index is 12.1. The van der Waals surface area contributed by atoms with E-state index in [0.29, 0.717) is 18.8 Å². The van der Waals surface area contributed by atoms with Gasteiger partial charge in [0, 0.05) is 35.9 Å². The molecule has 0 radical (unpaired) electrons. The van der Waals surface area contributed by atoms with E-state index < -0.39 is 0 Å². The van der Waals surface area contributed by atoms with Crippen molar-refractivity contribution in [3.8, 4) is 0 Å². The molecular formula is C15H14ClNOS. The Labute approximate surface area is 121 Å². The van der Waals surface area contributed by atoms with Crippen LogP contribution in [-0.2, 0) is 11.2 Å². The molecule has 1 aromatic carbocycles. The van der Waals surface area contributed by atoms with Crippen molar-refractivity contribution in [2.45, 2.75) is 18.8 Å². The number of Topliss-reactive ketones (excluding diaryl/α,β-unsaturated/α-hetero) is 1. The van der Waals surface area contributed by atoms with Crippen LogP contribution in [0, 0.1) is 0 Å². The SMILES string of the molecule is O=C(Cc1ccc(Cl)s1)CC1CNc2ccccc21. The molecule has 0 saturated carbocycles. The summed E-state index contributed by atoms with van der Waals surface area (Å²) in [5, 5.41) is 3.35. The van der Waals surface area contributed by atoms with Crippen molar-refractivity contribution < 1.29 is 4.79 Å². The number of benzene rings is 1. The normalized spacial score (nSPS) is 17.0. The number of rotatable bonds is 4. The molecule has 1 N–H and O–H groups in total. The van der Waals surface area contributed by atoms with E-state index in [-0.39, 0.29) is 5.78 Å². The number of carbonyl (C=O) groups is 1. The van der Waals surface area contributed by atoms with E-state index in [0.717, 1.165) is 15.8 Å². The number of nitrogens with one attached hydrogen (secondary N) is 1. The lowest BCUT2D eigenvalue weighted by atomic mass is 9.95. The number of para-hydroxylation sites is 1. The second-order valence-electron chi connectivity index (χ2n) is 4.79. The van der Waals surface area contributed by atoms with Crippen molar-refractivity contribution in [1.29, 1.82) is 0 Å². The third-order valence-electron chi connectivity index (χ3n) is 3.41. The quantitative estimate of drug-likeness (QED) is 0.918. The standard InChI is InChI=1S/C15H14ClNOS/c16-15-6-5-12(19-15)8-11(18)7-10-9-17-14-4-2-1-3-13(10)14/h1-6,10,17H,7-9H2. The van der Waals surface area contributed by atoms with Gasteiger partial charge in [-0.3, -0.25) is 4.79 Å². The van der Waals surface area contributed by atoms with Crippen LogP contribution in [0.25, 0.3) is 0 Å². The number of fused-ring (bicyclic) bond motifs is 1. The van der Waals surface area contributed by atoms with Gasteiger partial charge in [-0.25, -0.2) is 0 Å². The minimum atomic E-state index is 0.280. The molecule has 4 heteroatoms. The van der Waals surface area contributed by atoms with Crippen molar-refractivity contribution >= 4 is 34.4 Å². The van der Waals surface area contributed by atoms with Crippen molar-refractivity contribution in [3.05, 3.63) is 51.2 Å². The molecule has 0 amide bonds. The fourth-order valence-corrected chi connectivity index (χ4v) is 3.64. The smallest absolute Gasteiger partial charge is 0.138 e. The lowest BCUT2D eigenvalue weighted by Gasteiger charge is -2.08. The highest BCUT2D eigenvalue weighted by Gasteiger charge is 2.23. The summed E-state index contributed by atoms with van der Waals surface area (Å²) in [6.07, 6.45) is 1.09. The van der Waals surface area contributed by atoms with E-state index in [1.54, 1.807) is 0 Å². The van der Waals surface area contributed by atoms with E-state index in [2.05, 4.69) is 17.4 Å². The summed E-state index contributed by atoms with van der Waals surface area (Å²) in [4.78, 5) is 13.2. The topological polar surface area (TPSA) is 29.1 Å². The highest BCUT2D eigenvalue weighted by Crippen LogP contribution is 2.33. The Bertz CT molecular complexity index is 608. The fourth-order valence-electron chi connectivity index (χ4n) is 2.53. The number of hydrogen-bond donors (Lipinski definition) is 1. The highest BCUT2D eigenvalue weighted by molar-refractivity contribution is 7.16. The second-order valence-corrected chi connectivity index (χ2v) is 6.59. The van der Waals surface area contributed by atoms with Crippen molar-refractivity contribution in [1.82, 2.24) is 0 Å². The summed E-state index contributed by atoms with van der Waals surface area (Å²) >= 11 is 7.37. The molecule has 98 valence electrons. The molecule has 0 bridgehead atoms. The Morgan fingerprint density at radius 1 is 1.32 bits per heavy atom. The summed E-state index contributed by atoms with van der Waals surface area (Å²) in [5.74, 6) is 0.584. The highest BCUT2D eigenvalue weighted by atomic mass is 35.5. The van der Waals surface area contributed by atoms with Gasteiger partial charge in [-0.05, 0) is 23.8 Å². The largest absolute Gasteiger partial charge is 0.384 e. The fraction of sp³-hybridized carbons (Fsp3) is 0.267. The summed E-state index contributed by atoms with van der Waals surface area (Å²) in [5.41, 5.74) is 2.43. The Morgan fingerprint density at radius 3 is 2.95 bits per heavy atom. The molecule has 2 nitrogen and oxygen atoms in total. The number of hydrogen-bond acceptors (Lipinski definition) is 3. The zero-order valence-corrected chi connectivity index (χ0v) is 11.9. The van der Waals surface area contributed by atoms with Gasteiger partial charge in [-0.15, -0.1) is 11.3 Å². The molecule has 0 spiro atoms. The number of anilines is 1. The zero-order valence-electron chi connectivity index (χ0n) is 10.4. The van der Waals surface area contributed by atoms with Crippen molar-refractivity contribution in [3.63, 3.8) is 0 Å². The number of halogens is 1. The lowest BCUT2D eigenvalue weighted by molar-refractivity contribution is -0.118. The third-order valence-corrected chi connectivity index (χ3v) is 4.64. The minimum Gasteiger partial charge on any atom is -0.384 e. The Morgan fingerprint density at radius 2 is 2.16 bits per heavy atom. The first-order valence-electron chi connectivity index (χ1n) is 6.31. The molecule has 0 fully saturated rings. The molecule has 0 aliphatic carbocycles. The van der Waals surface area contributed by atoms with Crippen LogP contribution in [-0.4, -0.2) is 12.3 Å². The Balaban J connectivity index is 1.65. The van der Waals surface area contributed by atoms with Gasteiger partial charge in [0.05, 0.1) is 4.34 Å². The minimum absolute atomic E-state index is 0.280. The van der Waals surface area contributed by atoms with Gasteiger partial charge in [-0.2, -0.15) is 0 Å². The summed E-state index contributed by atoms with van der Waals surface area (Å²) in [6, 6.07) is 12.0. The Hall–Kier alpha value is -1.32. The van der Waals surface area contributed by atoms with E-state index >= 15 is 0 Å². The predicted octanol–water partition coefficient (Wildman–Crippen LogP) is 4.11. The van der Waals surface area contributed by atoms with Crippen LogP contribution in [0.5, 0.6) is 0 Å². The van der Waals surface area contributed by atoms with Crippen LogP contribution in [0.2, 0.25) is 4.34 Å². The van der Waals surface area contributed by atoms with E-state index in [9.17, 15) is 4.79 Å². The van der Waals surface area contributed by atoms with Crippen LogP contribution >= 0.6 is 22.9 Å². The molecule has 1 aromatic heterocycles. The van der Waals surface area contributed by atoms with Gasteiger partial charge in [0.1, 0.15) is 5.78 Å². The van der Waals surface area contributed by atoms with Gasteiger partial charge in [0.2, 0.25) is 0 Å². The molecule has 1 aliphatic rings. The van der Waals surface area contributed by atoms with Gasteiger partial charge < -0.3 is 5.32 Å². The molecular weight excluding hydrogens is 278 g/mol. The van der Waals surface area contributed by atoms with Gasteiger partial charge in [-0.1, -0.05) is 29.8 Å². The summed E-state index contributed by atoms with van der Waals surface area (Å²) in [6.45, 7) is 0.857. The molecule has 1 atom stereocenters. The van der Waals surface area contributed by atoms with E-state index in [1.807, 2.05) is 24.3 Å². The number of carbonyl (C=O) groups excluding carboxylic acids is 1.